The fourth-order valence-corrected chi connectivity index (χ4v) is 10.7. The summed E-state index contributed by atoms with van der Waals surface area (Å²) in [4.78, 5) is 4.90. The lowest BCUT2D eigenvalue weighted by molar-refractivity contribution is 0.745. The van der Waals surface area contributed by atoms with Gasteiger partial charge >= 0.3 is 0 Å². The molecule has 0 aromatic heterocycles. The van der Waals surface area contributed by atoms with Gasteiger partial charge < -0.3 is 9.80 Å². The average molecular weight is 805 g/mol. The molecule has 298 valence electrons. The third-order valence-corrected chi connectivity index (χ3v) is 13.5. The molecule has 2 unspecified atom stereocenters. The number of allylic oxidation sites excluding steroid dienone is 2. The Labute approximate surface area is 370 Å². The Morgan fingerprint density at radius 1 is 0.381 bits per heavy atom. The molecule has 9 aromatic carbocycles. The zero-order valence-electron chi connectivity index (χ0n) is 34.8. The first-order valence-corrected chi connectivity index (χ1v) is 22.0. The molecule has 2 atom stereocenters. The molecule has 12 rings (SSSR count). The van der Waals surface area contributed by atoms with Gasteiger partial charge in [-0.05, 0) is 122 Å². The van der Waals surface area contributed by atoms with Gasteiger partial charge in [-0.3, -0.25) is 0 Å². The fourth-order valence-electron chi connectivity index (χ4n) is 10.7. The number of para-hydroxylation sites is 1. The van der Waals surface area contributed by atoms with Gasteiger partial charge in [-0.25, -0.2) is 0 Å². The molecule has 0 radical (unpaired) electrons. The molecule has 2 aliphatic carbocycles. The predicted octanol–water partition coefficient (Wildman–Crippen LogP) is 15.6. The van der Waals surface area contributed by atoms with E-state index in [4.69, 9.17) is 0 Å². The molecule has 1 aliphatic heterocycles. The van der Waals surface area contributed by atoms with Crippen molar-refractivity contribution in [2.75, 3.05) is 9.80 Å². The summed E-state index contributed by atoms with van der Waals surface area (Å²) in [6, 6.07) is 85.1. The van der Waals surface area contributed by atoms with E-state index in [9.17, 15) is 0 Å². The van der Waals surface area contributed by atoms with Crippen LogP contribution < -0.4 is 9.80 Å². The van der Waals surface area contributed by atoms with Gasteiger partial charge in [-0.15, -0.1) is 0 Å². The first-order chi connectivity index (χ1) is 31.3. The predicted molar refractivity (Wildman–Crippen MR) is 263 cm³/mol. The molecule has 0 saturated heterocycles. The SMILES string of the molecule is C1=CC2c3ccccc3N(c3ccc(N(c4ccc(-c5cccc(-c6ccccc6)c5)cc4)c4ccc(C5(c6ccccc6)c6ccccc6-c6ccccc65)cc4)cc3)C2C=C1. The molecule has 1 heterocycles. The van der Waals surface area contributed by atoms with Crippen LogP contribution in [0.15, 0.2) is 255 Å². The number of hydrogen-bond acceptors (Lipinski definition) is 2. The minimum atomic E-state index is -0.456. The van der Waals surface area contributed by atoms with Gasteiger partial charge in [0.1, 0.15) is 0 Å². The maximum Gasteiger partial charge on any atom is 0.0713 e. The second-order valence-corrected chi connectivity index (χ2v) is 16.8. The highest BCUT2D eigenvalue weighted by molar-refractivity contribution is 5.87. The zero-order chi connectivity index (χ0) is 41.7. The van der Waals surface area contributed by atoms with Crippen LogP contribution >= 0.6 is 0 Å². The molecule has 0 bridgehead atoms. The van der Waals surface area contributed by atoms with Gasteiger partial charge in [-0.1, -0.05) is 194 Å². The molecular formula is C61H44N2. The second kappa shape index (κ2) is 15.2. The quantitative estimate of drug-likeness (QED) is 0.151. The second-order valence-electron chi connectivity index (χ2n) is 16.8. The van der Waals surface area contributed by atoms with E-state index in [1.165, 1.54) is 72.6 Å². The van der Waals surface area contributed by atoms with Crippen LogP contribution in [0.5, 0.6) is 0 Å². The summed E-state index contributed by atoms with van der Waals surface area (Å²) < 4.78 is 0. The average Bonchev–Trinajstić information content (AvgIpc) is 3.86. The van der Waals surface area contributed by atoms with Crippen LogP contribution in [0.1, 0.15) is 33.7 Å². The Balaban J connectivity index is 0.967. The van der Waals surface area contributed by atoms with Gasteiger partial charge in [0, 0.05) is 34.4 Å². The van der Waals surface area contributed by atoms with E-state index < -0.39 is 5.41 Å². The summed E-state index contributed by atoms with van der Waals surface area (Å²) in [5, 5.41) is 0. The van der Waals surface area contributed by atoms with Crippen molar-refractivity contribution >= 4 is 28.4 Å². The molecule has 0 spiro atoms. The standard InChI is InChI=1S/C61H44N2/c1-3-16-43(17-4-1)45-18-15-19-46(42-45)44-30-34-49(35-31-44)62(51-38-40-52(41-39-51)63-59-28-13-9-24-55(59)56-25-10-14-29-60(56)63)50-36-32-48(33-37-50)61(47-20-5-2-6-21-47)57-26-11-7-22-53(57)54-23-8-12-27-58(54)61/h1-42,55,59H. The number of hydrogen-bond donors (Lipinski definition) is 0. The highest BCUT2D eigenvalue weighted by Gasteiger charge is 2.46. The summed E-state index contributed by atoms with van der Waals surface area (Å²) in [7, 11) is 0. The lowest BCUT2D eigenvalue weighted by atomic mass is 9.68. The Hall–Kier alpha value is -7.94. The molecule has 0 saturated carbocycles. The minimum Gasteiger partial charge on any atom is -0.333 e. The van der Waals surface area contributed by atoms with Gasteiger partial charge in [0.15, 0.2) is 0 Å². The van der Waals surface area contributed by atoms with Crippen LogP contribution in [-0.4, -0.2) is 6.04 Å². The lowest BCUT2D eigenvalue weighted by Gasteiger charge is -2.34. The summed E-state index contributed by atoms with van der Waals surface area (Å²) in [6.45, 7) is 0. The van der Waals surface area contributed by atoms with Crippen molar-refractivity contribution in [3.63, 3.8) is 0 Å². The van der Waals surface area contributed by atoms with E-state index in [0.717, 1.165) is 17.1 Å². The van der Waals surface area contributed by atoms with Crippen molar-refractivity contribution in [2.24, 2.45) is 0 Å². The van der Waals surface area contributed by atoms with Crippen molar-refractivity contribution in [3.05, 3.63) is 283 Å². The van der Waals surface area contributed by atoms with Crippen LogP contribution in [0, 0.1) is 0 Å². The number of nitrogens with zero attached hydrogens (tertiary/aromatic N) is 2. The molecule has 63 heavy (non-hydrogen) atoms. The molecular weight excluding hydrogens is 761 g/mol. The molecule has 2 nitrogen and oxygen atoms in total. The summed E-state index contributed by atoms with van der Waals surface area (Å²) in [5.74, 6) is 0.339. The maximum absolute atomic E-state index is 2.50. The van der Waals surface area contributed by atoms with Crippen molar-refractivity contribution in [3.8, 4) is 33.4 Å². The Morgan fingerprint density at radius 2 is 0.873 bits per heavy atom. The minimum absolute atomic E-state index is 0.248. The van der Waals surface area contributed by atoms with Crippen LogP contribution in [0.3, 0.4) is 0 Å². The molecule has 2 heteroatoms. The topological polar surface area (TPSA) is 6.48 Å². The van der Waals surface area contributed by atoms with E-state index in [1.807, 2.05) is 0 Å². The number of anilines is 5. The van der Waals surface area contributed by atoms with Gasteiger partial charge in [0.05, 0.1) is 11.5 Å². The third-order valence-electron chi connectivity index (χ3n) is 13.5. The molecule has 3 aliphatic rings. The Bertz CT molecular complexity index is 3120. The van der Waals surface area contributed by atoms with E-state index in [2.05, 4.69) is 265 Å². The number of benzene rings is 9. The van der Waals surface area contributed by atoms with Crippen LogP contribution in [0.2, 0.25) is 0 Å². The molecule has 0 N–H and O–H groups in total. The van der Waals surface area contributed by atoms with Crippen molar-refractivity contribution in [2.45, 2.75) is 17.4 Å². The number of fused-ring (bicyclic) bond motifs is 6. The van der Waals surface area contributed by atoms with E-state index in [0.29, 0.717) is 5.92 Å². The highest BCUT2D eigenvalue weighted by Crippen LogP contribution is 2.56. The Kier molecular flexibility index (Phi) is 8.90. The van der Waals surface area contributed by atoms with E-state index in [1.54, 1.807) is 0 Å². The van der Waals surface area contributed by atoms with E-state index >= 15 is 0 Å². The lowest BCUT2D eigenvalue weighted by Crippen LogP contribution is -2.28. The van der Waals surface area contributed by atoms with Gasteiger partial charge in [-0.2, -0.15) is 0 Å². The fraction of sp³-hybridized carbons (Fsp3) is 0.0492. The normalized spacial score (nSPS) is 16.2. The number of rotatable bonds is 8. The van der Waals surface area contributed by atoms with Crippen molar-refractivity contribution in [1.29, 1.82) is 0 Å². The summed E-state index contributed by atoms with van der Waals surface area (Å²) >= 11 is 0. The zero-order valence-corrected chi connectivity index (χ0v) is 34.8. The van der Waals surface area contributed by atoms with E-state index in [-0.39, 0.29) is 6.04 Å². The third kappa shape index (κ3) is 6.02. The van der Waals surface area contributed by atoms with Crippen LogP contribution in [-0.2, 0) is 5.41 Å². The van der Waals surface area contributed by atoms with Crippen molar-refractivity contribution in [1.82, 2.24) is 0 Å². The molecule has 0 amide bonds. The molecule has 9 aromatic rings. The summed E-state index contributed by atoms with van der Waals surface area (Å²) in [5.41, 5.74) is 19.2. The van der Waals surface area contributed by atoms with Gasteiger partial charge in [0.25, 0.3) is 0 Å². The molecule has 0 fully saturated rings. The first kappa shape index (κ1) is 36.9. The summed E-state index contributed by atoms with van der Waals surface area (Å²) in [6.07, 6.45) is 9.05. The largest absolute Gasteiger partial charge is 0.333 e. The Morgan fingerprint density at radius 3 is 1.54 bits per heavy atom. The first-order valence-electron chi connectivity index (χ1n) is 22.0. The monoisotopic (exact) mass is 804 g/mol. The van der Waals surface area contributed by atoms with Crippen LogP contribution in [0.25, 0.3) is 33.4 Å². The smallest absolute Gasteiger partial charge is 0.0713 e. The van der Waals surface area contributed by atoms with Gasteiger partial charge in [0.2, 0.25) is 0 Å². The van der Waals surface area contributed by atoms with Crippen molar-refractivity contribution < 1.29 is 0 Å². The maximum atomic E-state index is 2.50. The van der Waals surface area contributed by atoms with Crippen LogP contribution in [0.4, 0.5) is 28.4 Å². The highest BCUT2D eigenvalue weighted by atomic mass is 15.2.